The minimum absolute atomic E-state index is 0.626. The third-order valence-electron chi connectivity index (χ3n) is 2.29. The number of nitrogens with one attached hydrogen (secondary N) is 1. The Morgan fingerprint density at radius 2 is 2.17 bits per heavy atom. The lowest BCUT2D eigenvalue weighted by atomic mass is 10.2. The molecule has 0 bridgehead atoms. The van der Waals surface area contributed by atoms with Crippen LogP contribution >= 0.6 is 22.7 Å². The average molecular weight is 282 g/mol. The zero-order valence-electron chi connectivity index (χ0n) is 11.1. The monoisotopic (exact) mass is 282 g/mol. The molecule has 0 fully saturated rings. The smallest absolute Gasteiger partial charge is 0.185 e. The van der Waals surface area contributed by atoms with Gasteiger partial charge in [0.2, 0.25) is 0 Å². The minimum Gasteiger partial charge on any atom is -0.361 e. The summed E-state index contributed by atoms with van der Waals surface area (Å²) in [5.74, 6) is 0.626. The Bertz CT molecular complexity index is 502. The molecule has 1 N–H and O–H groups in total. The maximum Gasteiger partial charge on any atom is 0.185 e. The Labute approximate surface area is 116 Å². The summed E-state index contributed by atoms with van der Waals surface area (Å²) in [6.45, 7) is 5.33. The van der Waals surface area contributed by atoms with Gasteiger partial charge in [0.05, 0.1) is 10.6 Å². The molecule has 0 aliphatic carbocycles. The SMILES string of the molecule is CC(C)CNc1nc(-c2cnc(N(C)C)s2)cs1. The summed E-state index contributed by atoms with van der Waals surface area (Å²) >= 11 is 3.31. The van der Waals surface area contributed by atoms with Crippen molar-refractivity contribution in [3.05, 3.63) is 11.6 Å². The number of thiazole rings is 2. The minimum atomic E-state index is 0.626. The van der Waals surface area contributed by atoms with Gasteiger partial charge >= 0.3 is 0 Å². The van der Waals surface area contributed by atoms with Gasteiger partial charge in [-0.15, -0.1) is 11.3 Å². The van der Waals surface area contributed by atoms with Crippen LogP contribution in [0.1, 0.15) is 13.8 Å². The molecule has 0 spiro atoms. The molecule has 4 nitrogen and oxygen atoms in total. The highest BCUT2D eigenvalue weighted by Gasteiger charge is 2.09. The largest absolute Gasteiger partial charge is 0.361 e. The molecular formula is C12H18N4S2. The van der Waals surface area contributed by atoms with Gasteiger partial charge in [-0.2, -0.15) is 0 Å². The third-order valence-corrected chi connectivity index (χ3v) is 4.28. The molecule has 98 valence electrons. The molecule has 0 saturated carbocycles. The van der Waals surface area contributed by atoms with Crippen LogP contribution in [0.15, 0.2) is 11.6 Å². The van der Waals surface area contributed by atoms with Gasteiger partial charge in [-0.25, -0.2) is 9.97 Å². The fourth-order valence-electron chi connectivity index (χ4n) is 1.35. The van der Waals surface area contributed by atoms with E-state index in [-0.39, 0.29) is 0 Å². The van der Waals surface area contributed by atoms with E-state index in [0.29, 0.717) is 5.92 Å². The molecule has 18 heavy (non-hydrogen) atoms. The fourth-order valence-corrected chi connectivity index (χ4v) is 2.94. The molecule has 0 aromatic carbocycles. The van der Waals surface area contributed by atoms with Crippen molar-refractivity contribution in [3.63, 3.8) is 0 Å². The third kappa shape index (κ3) is 3.20. The first kappa shape index (κ1) is 13.3. The quantitative estimate of drug-likeness (QED) is 0.912. The van der Waals surface area contributed by atoms with Crippen molar-refractivity contribution in [3.8, 4) is 10.6 Å². The summed E-state index contributed by atoms with van der Waals surface area (Å²) in [5.41, 5.74) is 1.01. The van der Waals surface area contributed by atoms with E-state index in [2.05, 4.69) is 34.5 Å². The predicted molar refractivity (Wildman–Crippen MR) is 80.9 cm³/mol. The molecule has 2 aromatic heterocycles. The maximum absolute atomic E-state index is 4.58. The second-order valence-electron chi connectivity index (χ2n) is 4.71. The average Bonchev–Trinajstić information content (AvgIpc) is 2.95. The first-order chi connectivity index (χ1) is 8.56. The lowest BCUT2D eigenvalue weighted by Crippen LogP contribution is -2.07. The van der Waals surface area contributed by atoms with Crippen molar-refractivity contribution in [1.82, 2.24) is 9.97 Å². The van der Waals surface area contributed by atoms with Crippen LogP contribution in [0.3, 0.4) is 0 Å². The zero-order chi connectivity index (χ0) is 13.1. The van der Waals surface area contributed by atoms with Crippen LogP contribution in [0.2, 0.25) is 0 Å². The second-order valence-corrected chi connectivity index (χ2v) is 6.58. The van der Waals surface area contributed by atoms with Crippen LogP contribution in [0.25, 0.3) is 10.6 Å². The summed E-state index contributed by atoms with van der Waals surface area (Å²) in [6.07, 6.45) is 1.89. The van der Waals surface area contributed by atoms with Gasteiger partial charge in [-0.05, 0) is 5.92 Å². The van der Waals surface area contributed by atoms with E-state index in [4.69, 9.17) is 0 Å². The zero-order valence-corrected chi connectivity index (χ0v) is 12.7. The number of aromatic nitrogens is 2. The van der Waals surface area contributed by atoms with Gasteiger partial charge in [-0.3, -0.25) is 0 Å². The molecule has 2 heterocycles. The highest BCUT2D eigenvalue weighted by Crippen LogP contribution is 2.32. The van der Waals surface area contributed by atoms with Crippen molar-refractivity contribution >= 4 is 32.9 Å². The normalized spacial score (nSPS) is 10.9. The Morgan fingerprint density at radius 1 is 1.39 bits per heavy atom. The van der Waals surface area contributed by atoms with Crippen LogP contribution in [0.4, 0.5) is 10.3 Å². The van der Waals surface area contributed by atoms with Crippen LogP contribution in [0.5, 0.6) is 0 Å². The molecule has 6 heteroatoms. The highest BCUT2D eigenvalue weighted by molar-refractivity contribution is 7.19. The standard InChI is InChI=1S/C12H18N4S2/c1-8(2)5-13-11-15-9(7-17-11)10-6-14-12(18-10)16(3)4/h6-8H,5H2,1-4H3,(H,13,15). The van der Waals surface area contributed by atoms with Gasteiger partial charge in [0.25, 0.3) is 0 Å². The molecule has 0 atom stereocenters. The first-order valence-corrected chi connectivity index (χ1v) is 7.59. The van der Waals surface area contributed by atoms with Crippen LogP contribution < -0.4 is 10.2 Å². The lowest BCUT2D eigenvalue weighted by molar-refractivity contribution is 0.688. The Kier molecular flexibility index (Phi) is 4.19. The van der Waals surface area contributed by atoms with Crippen molar-refractivity contribution in [2.24, 2.45) is 5.92 Å². The molecule has 0 amide bonds. The molecule has 0 radical (unpaired) electrons. The summed E-state index contributed by atoms with van der Waals surface area (Å²) in [5, 5.41) is 7.42. The van der Waals surface area contributed by atoms with Crippen molar-refractivity contribution in [1.29, 1.82) is 0 Å². The molecule has 0 saturated heterocycles. The lowest BCUT2D eigenvalue weighted by Gasteiger charge is -2.05. The predicted octanol–water partition coefficient (Wildman–Crippen LogP) is 3.40. The Balaban J connectivity index is 2.08. The van der Waals surface area contributed by atoms with Crippen LogP contribution in [-0.2, 0) is 0 Å². The fraction of sp³-hybridized carbons (Fsp3) is 0.500. The number of anilines is 2. The number of hydrogen-bond acceptors (Lipinski definition) is 6. The van der Waals surface area contributed by atoms with E-state index >= 15 is 0 Å². The molecule has 0 unspecified atom stereocenters. The Hall–Kier alpha value is -1.14. The van der Waals surface area contributed by atoms with E-state index in [1.807, 2.05) is 25.2 Å². The molecular weight excluding hydrogens is 264 g/mol. The van der Waals surface area contributed by atoms with Crippen molar-refractivity contribution in [2.45, 2.75) is 13.8 Å². The van der Waals surface area contributed by atoms with Crippen molar-refractivity contribution in [2.75, 3.05) is 30.9 Å². The van der Waals surface area contributed by atoms with E-state index in [0.717, 1.165) is 27.4 Å². The summed E-state index contributed by atoms with van der Waals surface area (Å²) in [6, 6.07) is 0. The number of nitrogens with zero attached hydrogens (tertiary/aromatic N) is 3. The number of rotatable bonds is 5. The topological polar surface area (TPSA) is 41.1 Å². The van der Waals surface area contributed by atoms with E-state index in [1.165, 1.54) is 0 Å². The van der Waals surface area contributed by atoms with Crippen LogP contribution in [-0.4, -0.2) is 30.6 Å². The van der Waals surface area contributed by atoms with Gasteiger partial charge in [-0.1, -0.05) is 25.2 Å². The molecule has 2 aromatic rings. The van der Waals surface area contributed by atoms with Gasteiger partial charge in [0.1, 0.15) is 0 Å². The molecule has 0 aliphatic heterocycles. The van der Waals surface area contributed by atoms with Crippen molar-refractivity contribution < 1.29 is 0 Å². The van der Waals surface area contributed by atoms with E-state index in [9.17, 15) is 0 Å². The van der Waals surface area contributed by atoms with Gasteiger partial charge in [0.15, 0.2) is 10.3 Å². The Morgan fingerprint density at radius 3 is 2.78 bits per heavy atom. The maximum atomic E-state index is 4.58. The molecule has 0 aliphatic rings. The van der Waals surface area contributed by atoms with Gasteiger partial charge in [0, 0.05) is 32.2 Å². The summed E-state index contributed by atoms with van der Waals surface area (Å²) < 4.78 is 0. The highest BCUT2D eigenvalue weighted by atomic mass is 32.1. The molecule has 2 rings (SSSR count). The van der Waals surface area contributed by atoms with E-state index in [1.54, 1.807) is 22.7 Å². The summed E-state index contributed by atoms with van der Waals surface area (Å²) in [4.78, 5) is 12.1. The van der Waals surface area contributed by atoms with E-state index < -0.39 is 0 Å². The number of hydrogen-bond donors (Lipinski definition) is 1. The first-order valence-electron chi connectivity index (χ1n) is 5.89. The van der Waals surface area contributed by atoms with Crippen LogP contribution in [0, 0.1) is 5.92 Å². The van der Waals surface area contributed by atoms with Gasteiger partial charge < -0.3 is 10.2 Å². The second kappa shape index (κ2) is 5.67. The summed E-state index contributed by atoms with van der Waals surface area (Å²) in [7, 11) is 4.00.